The highest BCUT2D eigenvalue weighted by Crippen LogP contribution is 2.38. The van der Waals surface area contributed by atoms with Crippen molar-refractivity contribution in [1.82, 2.24) is 4.90 Å². The van der Waals surface area contributed by atoms with Crippen molar-refractivity contribution in [3.8, 4) is 5.75 Å². The van der Waals surface area contributed by atoms with Crippen LogP contribution in [0.5, 0.6) is 5.75 Å². The second-order valence-electron chi connectivity index (χ2n) is 6.36. The molecule has 0 atom stereocenters. The largest absolute Gasteiger partial charge is 0.487 e. The molecule has 156 valence electrons. The van der Waals surface area contributed by atoms with Gasteiger partial charge < -0.3 is 4.74 Å². The molecule has 3 rings (SSSR count). The molecule has 0 aromatic heterocycles. The van der Waals surface area contributed by atoms with Crippen LogP contribution in [0.15, 0.2) is 50.2 Å². The van der Waals surface area contributed by atoms with Crippen LogP contribution < -0.4 is 4.74 Å². The minimum absolute atomic E-state index is 0.0221. The second kappa shape index (κ2) is 9.76. The molecule has 0 N–H and O–H groups in total. The van der Waals surface area contributed by atoms with Gasteiger partial charge in [-0.15, -0.1) is 0 Å². The molecule has 2 amide bonds. The van der Waals surface area contributed by atoms with Crippen molar-refractivity contribution in [3.63, 3.8) is 0 Å². The molecule has 1 aliphatic rings. The van der Waals surface area contributed by atoms with E-state index in [4.69, 9.17) is 4.74 Å². The Balaban J connectivity index is 1.75. The summed E-state index contributed by atoms with van der Waals surface area (Å²) in [5.74, 6) is 0.280. The summed E-state index contributed by atoms with van der Waals surface area (Å²) in [4.78, 5) is 36.3. The molecule has 0 unspecified atom stereocenters. The van der Waals surface area contributed by atoms with Gasteiger partial charge >= 0.3 is 0 Å². The van der Waals surface area contributed by atoms with Crippen molar-refractivity contribution in [2.75, 3.05) is 6.54 Å². The number of nitro groups is 1. The SMILES string of the molecule is CCCN1C(=O)S/C(=C/c2cc(Br)c(OCc3ccc([N+](=O)[O-])cc3)c(Br)c2)C1=O. The zero-order valence-corrected chi connectivity index (χ0v) is 19.8. The summed E-state index contributed by atoms with van der Waals surface area (Å²) >= 11 is 7.88. The highest BCUT2D eigenvalue weighted by molar-refractivity contribution is 9.11. The molecule has 2 aromatic rings. The molecular formula is C20H16Br2N2O5S. The van der Waals surface area contributed by atoms with Crippen LogP contribution in [0.1, 0.15) is 24.5 Å². The number of rotatable bonds is 7. The Morgan fingerprint density at radius 3 is 2.37 bits per heavy atom. The van der Waals surface area contributed by atoms with Gasteiger partial charge in [0.2, 0.25) is 0 Å². The van der Waals surface area contributed by atoms with Gasteiger partial charge in [-0.1, -0.05) is 6.92 Å². The average molecular weight is 556 g/mol. The summed E-state index contributed by atoms with van der Waals surface area (Å²) in [5.41, 5.74) is 1.54. The smallest absolute Gasteiger partial charge is 0.293 e. The number of thioether (sulfide) groups is 1. The Kier molecular flexibility index (Phi) is 7.32. The van der Waals surface area contributed by atoms with Crippen molar-refractivity contribution >= 4 is 66.5 Å². The van der Waals surface area contributed by atoms with E-state index in [-0.39, 0.29) is 23.4 Å². The van der Waals surface area contributed by atoms with Crippen LogP contribution in [0, 0.1) is 10.1 Å². The van der Waals surface area contributed by atoms with E-state index in [1.165, 1.54) is 17.0 Å². The molecule has 0 aliphatic carbocycles. The molecule has 0 spiro atoms. The molecule has 1 fully saturated rings. The fraction of sp³-hybridized carbons (Fsp3) is 0.200. The van der Waals surface area contributed by atoms with E-state index >= 15 is 0 Å². The van der Waals surface area contributed by atoms with Crippen LogP contribution in [-0.4, -0.2) is 27.5 Å². The molecule has 0 bridgehead atoms. The molecule has 7 nitrogen and oxygen atoms in total. The highest BCUT2D eigenvalue weighted by Gasteiger charge is 2.34. The van der Waals surface area contributed by atoms with Crippen LogP contribution in [-0.2, 0) is 11.4 Å². The Morgan fingerprint density at radius 1 is 1.17 bits per heavy atom. The Labute approximate surface area is 193 Å². The lowest BCUT2D eigenvalue weighted by atomic mass is 10.2. The quantitative estimate of drug-likeness (QED) is 0.231. The number of carbonyl (C=O) groups is 2. The molecule has 0 radical (unpaired) electrons. The number of nitrogens with zero attached hydrogens (tertiary/aromatic N) is 2. The number of benzene rings is 2. The second-order valence-corrected chi connectivity index (χ2v) is 9.06. The number of nitro benzene ring substituents is 1. The summed E-state index contributed by atoms with van der Waals surface area (Å²) in [6, 6.07) is 9.73. The highest BCUT2D eigenvalue weighted by atomic mass is 79.9. The monoisotopic (exact) mass is 554 g/mol. The maximum Gasteiger partial charge on any atom is 0.293 e. The third kappa shape index (κ3) is 5.11. The van der Waals surface area contributed by atoms with Gasteiger partial charge in [0.25, 0.3) is 16.8 Å². The molecule has 1 aliphatic heterocycles. The van der Waals surface area contributed by atoms with Gasteiger partial charge in [0.1, 0.15) is 12.4 Å². The van der Waals surface area contributed by atoms with Gasteiger partial charge in [-0.3, -0.25) is 24.6 Å². The van der Waals surface area contributed by atoms with Crippen molar-refractivity contribution < 1.29 is 19.2 Å². The Hall–Kier alpha value is -2.17. The Morgan fingerprint density at radius 2 is 1.80 bits per heavy atom. The number of imide groups is 1. The minimum atomic E-state index is -0.451. The maximum absolute atomic E-state index is 12.4. The standard InChI is InChI=1S/C20H16Br2N2O5S/c1-2-7-23-19(25)17(30-20(23)26)10-13-8-15(21)18(16(22)9-13)29-11-12-3-5-14(6-4-12)24(27)28/h3-6,8-10H,2,7,11H2,1H3/b17-10+. The van der Waals surface area contributed by atoms with Gasteiger partial charge in [0.15, 0.2) is 0 Å². The number of non-ortho nitro benzene ring substituents is 1. The summed E-state index contributed by atoms with van der Waals surface area (Å²) in [6.07, 6.45) is 2.39. The van der Waals surface area contributed by atoms with Crippen molar-refractivity contribution in [2.45, 2.75) is 20.0 Å². The molecule has 1 heterocycles. The summed E-state index contributed by atoms with van der Waals surface area (Å²) in [7, 11) is 0. The predicted molar refractivity (Wildman–Crippen MR) is 122 cm³/mol. The number of hydrogen-bond donors (Lipinski definition) is 0. The van der Waals surface area contributed by atoms with E-state index in [1.54, 1.807) is 30.3 Å². The first-order valence-corrected chi connectivity index (χ1v) is 11.3. The van der Waals surface area contributed by atoms with Crippen molar-refractivity contribution in [3.05, 3.63) is 71.5 Å². The summed E-state index contributed by atoms with van der Waals surface area (Å²) in [5, 5.41) is 10.5. The van der Waals surface area contributed by atoms with Crippen LogP contribution in [0.25, 0.3) is 6.08 Å². The number of hydrogen-bond acceptors (Lipinski definition) is 6. The number of halogens is 2. The zero-order chi connectivity index (χ0) is 21.8. The van der Waals surface area contributed by atoms with Crippen molar-refractivity contribution in [1.29, 1.82) is 0 Å². The Bertz CT molecular complexity index is 1020. The molecule has 0 saturated carbocycles. The first-order chi connectivity index (χ1) is 14.3. The normalized spacial score (nSPS) is 15.2. The minimum Gasteiger partial charge on any atom is -0.487 e. The lowest BCUT2D eigenvalue weighted by Gasteiger charge is -2.12. The van der Waals surface area contributed by atoms with Crippen LogP contribution in [0.2, 0.25) is 0 Å². The number of amides is 2. The van der Waals surface area contributed by atoms with Crippen LogP contribution in [0.4, 0.5) is 10.5 Å². The topological polar surface area (TPSA) is 89.8 Å². The van der Waals surface area contributed by atoms with Gasteiger partial charge in [0, 0.05) is 18.7 Å². The van der Waals surface area contributed by atoms with Gasteiger partial charge in [-0.2, -0.15) is 0 Å². The van der Waals surface area contributed by atoms with Gasteiger partial charge in [-0.05, 0) is 91.5 Å². The first-order valence-electron chi connectivity index (χ1n) is 8.90. The predicted octanol–water partition coefficient (Wildman–Crippen LogP) is 6.15. The summed E-state index contributed by atoms with van der Waals surface area (Å²) < 4.78 is 7.18. The molecule has 30 heavy (non-hydrogen) atoms. The van der Waals surface area contributed by atoms with E-state index in [0.29, 0.717) is 32.6 Å². The van der Waals surface area contributed by atoms with E-state index < -0.39 is 4.92 Å². The summed E-state index contributed by atoms with van der Waals surface area (Å²) in [6.45, 7) is 2.55. The lowest BCUT2D eigenvalue weighted by Crippen LogP contribution is -2.28. The van der Waals surface area contributed by atoms with Crippen LogP contribution >= 0.6 is 43.6 Å². The fourth-order valence-corrected chi connectivity index (χ4v) is 5.05. The van der Waals surface area contributed by atoms with Gasteiger partial charge in [-0.25, -0.2) is 0 Å². The van der Waals surface area contributed by atoms with Crippen molar-refractivity contribution in [2.24, 2.45) is 0 Å². The third-order valence-electron chi connectivity index (χ3n) is 4.17. The third-order valence-corrected chi connectivity index (χ3v) is 6.25. The lowest BCUT2D eigenvalue weighted by molar-refractivity contribution is -0.384. The van der Waals surface area contributed by atoms with Crippen LogP contribution in [0.3, 0.4) is 0 Å². The van der Waals surface area contributed by atoms with Gasteiger partial charge in [0.05, 0.1) is 18.8 Å². The average Bonchev–Trinajstić information content (AvgIpc) is 2.95. The molecule has 1 saturated heterocycles. The van der Waals surface area contributed by atoms with E-state index in [1.807, 2.05) is 6.92 Å². The molecular weight excluding hydrogens is 540 g/mol. The zero-order valence-electron chi connectivity index (χ0n) is 15.8. The molecule has 2 aromatic carbocycles. The fourth-order valence-electron chi connectivity index (χ4n) is 2.74. The number of ether oxygens (including phenoxy) is 1. The maximum atomic E-state index is 12.4. The first kappa shape index (κ1) is 22.5. The van der Waals surface area contributed by atoms with E-state index in [0.717, 1.165) is 22.9 Å². The van der Waals surface area contributed by atoms with E-state index in [2.05, 4.69) is 31.9 Å². The van der Waals surface area contributed by atoms with E-state index in [9.17, 15) is 19.7 Å². The number of carbonyl (C=O) groups excluding carboxylic acids is 2. The molecule has 10 heteroatoms.